The van der Waals surface area contributed by atoms with Gasteiger partial charge < -0.3 is 29.6 Å². The fraction of sp³-hybridized carbons (Fsp3) is 0.520. The number of aromatic nitrogens is 2. The number of likely N-dealkylation sites (N-methyl/N-ethyl adjacent to an activating group) is 1. The standard InChI is InChI=1S/C25H33N5O5/c1-5-30-23(32)21-20(22(31)26-13-16-12-18(34-3)10-11-19(16)35-4)27-15-29(21)14-25(30,2)24(33)28-17-8-6-7-9-17/h10-12,15,17H,5-9,13-14H2,1-4H3,(H,26,31)(H,28,33)/t25-/m0/s1. The number of hydrogen-bond acceptors (Lipinski definition) is 6. The summed E-state index contributed by atoms with van der Waals surface area (Å²) in [6, 6.07) is 5.46. The van der Waals surface area contributed by atoms with Crippen molar-refractivity contribution in [3.8, 4) is 11.5 Å². The van der Waals surface area contributed by atoms with Crippen LogP contribution in [0.2, 0.25) is 0 Å². The molecule has 1 atom stereocenters. The van der Waals surface area contributed by atoms with Gasteiger partial charge in [0.2, 0.25) is 5.91 Å². The molecule has 0 saturated heterocycles. The van der Waals surface area contributed by atoms with E-state index in [9.17, 15) is 14.4 Å². The Bertz CT molecular complexity index is 1120. The van der Waals surface area contributed by atoms with Gasteiger partial charge in [0.05, 0.1) is 27.1 Å². The normalized spacial score (nSPS) is 19.9. The summed E-state index contributed by atoms with van der Waals surface area (Å²) in [5, 5.41) is 5.95. The predicted octanol–water partition coefficient (Wildman–Crippen LogP) is 2.12. The fourth-order valence-corrected chi connectivity index (χ4v) is 5.04. The van der Waals surface area contributed by atoms with E-state index in [-0.39, 0.29) is 42.3 Å². The molecule has 10 heteroatoms. The third-order valence-electron chi connectivity index (χ3n) is 7.00. The largest absolute Gasteiger partial charge is 0.497 e. The van der Waals surface area contributed by atoms with Crippen LogP contribution in [0.4, 0.5) is 0 Å². The molecule has 2 N–H and O–H groups in total. The minimum Gasteiger partial charge on any atom is -0.497 e. The number of fused-ring (bicyclic) bond motifs is 1. The van der Waals surface area contributed by atoms with Crippen LogP contribution in [-0.2, 0) is 17.9 Å². The van der Waals surface area contributed by atoms with Crippen LogP contribution in [0.3, 0.4) is 0 Å². The highest BCUT2D eigenvalue weighted by molar-refractivity contribution is 6.07. The number of nitrogens with one attached hydrogen (secondary N) is 2. The quantitative estimate of drug-likeness (QED) is 0.595. The zero-order chi connectivity index (χ0) is 25.2. The molecule has 3 amide bonds. The lowest BCUT2D eigenvalue weighted by Gasteiger charge is -2.43. The van der Waals surface area contributed by atoms with Crippen molar-refractivity contribution in [3.63, 3.8) is 0 Å². The molecule has 2 heterocycles. The average Bonchev–Trinajstić information content (AvgIpc) is 3.52. The van der Waals surface area contributed by atoms with E-state index in [1.165, 1.54) is 11.2 Å². The summed E-state index contributed by atoms with van der Waals surface area (Å²) >= 11 is 0. The number of imidazole rings is 1. The molecule has 4 rings (SSSR count). The number of ether oxygens (including phenoxy) is 2. The van der Waals surface area contributed by atoms with Crippen molar-refractivity contribution in [2.45, 2.75) is 64.2 Å². The summed E-state index contributed by atoms with van der Waals surface area (Å²) in [4.78, 5) is 45.6. The SMILES string of the molecule is CCN1C(=O)c2c(C(=O)NCc3cc(OC)ccc3OC)ncn2C[C@@]1(C)C(=O)NC1CCCC1. The monoisotopic (exact) mass is 483 g/mol. The molecular weight excluding hydrogens is 450 g/mol. The van der Waals surface area contributed by atoms with E-state index in [2.05, 4.69) is 15.6 Å². The fourth-order valence-electron chi connectivity index (χ4n) is 5.04. The number of carbonyl (C=O) groups is 3. The molecule has 1 saturated carbocycles. The zero-order valence-corrected chi connectivity index (χ0v) is 20.7. The number of hydrogen-bond donors (Lipinski definition) is 2. The predicted molar refractivity (Wildman–Crippen MR) is 128 cm³/mol. The Labute approximate surface area is 205 Å². The minimum atomic E-state index is -1.07. The van der Waals surface area contributed by atoms with E-state index in [1.54, 1.807) is 43.9 Å². The van der Waals surface area contributed by atoms with Gasteiger partial charge in [-0.05, 0) is 44.9 Å². The summed E-state index contributed by atoms with van der Waals surface area (Å²) in [5.41, 5.74) is -0.114. The topological polar surface area (TPSA) is 115 Å². The zero-order valence-electron chi connectivity index (χ0n) is 20.7. The van der Waals surface area contributed by atoms with E-state index in [0.29, 0.717) is 18.0 Å². The highest BCUT2D eigenvalue weighted by Crippen LogP contribution is 2.30. The number of benzene rings is 1. The van der Waals surface area contributed by atoms with Gasteiger partial charge in [-0.3, -0.25) is 14.4 Å². The van der Waals surface area contributed by atoms with Crippen molar-refractivity contribution in [1.29, 1.82) is 0 Å². The third kappa shape index (κ3) is 4.56. The average molecular weight is 484 g/mol. The maximum Gasteiger partial charge on any atom is 0.273 e. The Morgan fingerprint density at radius 2 is 1.94 bits per heavy atom. The molecular formula is C25H33N5O5. The highest BCUT2D eigenvalue weighted by atomic mass is 16.5. The van der Waals surface area contributed by atoms with Crippen LogP contribution in [0.5, 0.6) is 11.5 Å². The van der Waals surface area contributed by atoms with Crippen molar-refractivity contribution in [3.05, 3.63) is 41.5 Å². The van der Waals surface area contributed by atoms with Gasteiger partial charge in [-0.1, -0.05) is 12.8 Å². The Morgan fingerprint density at radius 3 is 2.60 bits per heavy atom. The van der Waals surface area contributed by atoms with Crippen LogP contribution in [0.1, 0.15) is 66.1 Å². The van der Waals surface area contributed by atoms with Gasteiger partial charge in [-0.15, -0.1) is 0 Å². The van der Waals surface area contributed by atoms with E-state index in [1.807, 2.05) is 6.92 Å². The lowest BCUT2D eigenvalue weighted by atomic mass is 9.94. The van der Waals surface area contributed by atoms with Crippen LogP contribution in [0.25, 0.3) is 0 Å². The summed E-state index contributed by atoms with van der Waals surface area (Å²) < 4.78 is 12.2. The highest BCUT2D eigenvalue weighted by Gasteiger charge is 2.48. The molecule has 0 radical (unpaired) electrons. The van der Waals surface area contributed by atoms with Gasteiger partial charge in [0.1, 0.15) is 22.7 Å². The smallest absolute Gasteiger partial charge is 0.273 e. The molecule has 1 fully saturated rings. The molecule has 1 aromatic carbocycles. The van der Waals surface area contributed by atoms with E-state index < -0.39 is 11.4 Å². The Hall–Kier alpha value is -3.56. The van der Waals surface area contributed by atoms with E-state index >= 15 is 0 Å². The van der Waals surface area contributed by atoms with E-state index in [4.69, 9.17) is 9.47 Å². The molecule has 35 heavy (non-hydrogen) atoms. The Morgan fingerprint density at radius 1 is 1.20 bits per heavy atom. The molecule has 0 bridgehead atoms. The third-order valence-corrected chi connectivity index (χ3v) is 7.00. The molecule has 10 nitrogen and oxygen atoms in total. The van der Waals surface area contributed by atoms with Crippen molar-refractivity contribution in [1.82, 2.24) is 25.1 Å². The molecule has 0 unspecified atom stereocenters. The number of amides is 3. The van der Waals surface area contributed by atoms with Gasteiger partial charge in [0, 0.05) is 24.7 Å². The van der Waals surface area contributed by atoms with Crippen LogP contribution >= 0.6 is 0 Å². The van der Waals surface area contributed by atoms with Crippen molar-refractivity contribution < 1.29 is 23.9 Å². The molecule has 2 aromatic rings. The summed E-state index contributed by atoms with van der Waals surface area (Å²) in [6.45, 7) is 4.33. The van der Waals surface area contributed by atoms with Crippen LogP contribution in [0.15, 0.2) is 24.5 Å². The van der Waals surface area contributed by atoms with Gasteiger partial charge in [-0.2, -0.15) is 0 Å². The van der Waals surface area contributed by atoms with Crippen LogP contribution < -0.4 is 20.1 Å². The van der Waals surface area contributed by atoms with Crippen molar-refractivity contribution in [2.24, 2.45) is 0 Å². The number of rotatable bonds is 8. The number of carbonyl (C=O) groups excluding carboxylic acids is 3. The van der Waals surface area contributed by atoms with Gasteiger partial charge in [0.25, 0.3) is 11.8 Å². The second-order valence-corrected chi connectivity index (χ2v) is 9.21. The van der Waals surface area contributed by atoms with Gasteiger partial charge in [-0.25, -0.2) is 4.98 Å². The lowest BCUT2D eigenvalue weighted by Crippen LogP contribution is -2.64. The summed E-state index contributed by atoms with van der Waals surface area (Å²) in [7, 11) is 3.12. The van der Waals surface area contributed by atoms with Gasteiger partial charge in [0.15, 0.2) is 5.69 Å². The molecule has 1 aliphatic heterocycles. The molecule has 1 aromatic heterocycles. The molecule has 0 spiro atoms. The Balaban J connectivity index is 1.54. The summed E-state index contributed by atoms with van der Waals surface area (Å²) in [5.74, 6) is 0.208. The first-order valence-electron chi connectivity index (χ1n) is 12.0. The number of methoxy groups -OCH3 is 2. The number of nitrogens with zero attached hydrogens (tertiary/aromatic N) is 3. The van der Waals surface area contributed by atoms with Crippen LogP contribution in [0, 0.1) is 0 Å². The van der Waals surface area contributed by atoms with Crippen LogP contribution in [-0.4, -0.2) is 64.5 Å². The lowest BCUT2D eigenvalue weighted by molar-refractivity contribution is -0.133. The van der Waals surface area contributed by atoms with E-state index in [0.717, 1.165) is 31.2 Å². The first-order valence-corrected chi connectivity index (χ1v) is 12.0. The maximum absolute atomic E-state index is 13.5. The minimum absolute atomic E-state index is 0.0357. The molecule has 1 aliphatic carbocycles. The molecule has 2 aliphatic rings. The summed E-state index contributed by atoms with van der Waals surface area (Å²) in [6.07, 6.45) is 5.58. The first kappa shape index (κ1) is 24.6. The molecule has 188 valence electrons. The first-order chi connectivity index (χ1) is 16.8. The van der Waals surface area contributed by atoms with Gasteiger partial charge >= 0.3 is 0 Å². The van der Waals surface area contributed by atoms with Crippen molar-refractivity contribution in [2.75, 3.05) is 20.8 Å². The Kier molecular flexibility index (Phi) is 7.00. The maximum atomic E-state index is 13.5. The van der Waals surface area contributed by atoms with Crippen molar-refractivity contribution >= 4 is 17.7 Å². The second-order valence-electron chi connectivity index (χ2n) is 9.21. The second kappa shape index (κ2) is 9.97.